The van der Waals surface area contributed by atoms with Crippen molar-refractivity contribution in [2.24, 2.45) is 5.92 Å². The topological polar surface area (TPSA) is 55.8 Å². The number of rotatable bonds is 5. The maximum Gasteiger partial charge on any atom is 0.309 e. The van der Waals surface area contributed by atoms with E-state index >= 15 is 0 Å². The Morgan fingerprint density at radius 3 is 2.08 bits per heavy atom. The second kappa shape index (κ2) is 18.8. The van der Waals surface area contributed by atoms with E-state index in [1.54, 1.807) is 0 Å². The van der Waals surface area contributed by atoms with Crippen LogP contribution < -0.4 is 4.74 Å². The summed E-state index contributed by atoms with van der Waals surface area (Å²) in [7, 11) is 0. The van der Waals surface area contributed by atoms with Crippen molar-refractivity contribution in [3.63, 3.8) is 0 Å². The third kappa shape index (κ3) is 12.5. The standard InChI is InChI=1S/C14H18O4.C3H8.2C2H6/c15-14(16)12-8-4-5-9-13(12)18-10-17-11-6-2-1-3-7-11;1-3-2;2*1-2/h1-3,6-7,12-13H,4-5,8-10H2,(H,15,16);3H2,1-2H3;2*1-2H3. The van der Waals surface area contributed by atoms with Gasteiger partial charge in [-0.3, -0.25) is 4.79 Å². The Bertz CT molecular complexity index is 392. The molecule has 0 heterocycles. The molecule has 1 aliphatic carbocycles. The summed E-state index contributed by atoms with van der Waals surface area (Å²) in [5, 5.41) is 9.10. The molecule has 0 radical (unpaired) electrons. The molecule has 0 aromatic heterocycles. The molecule has 0 bridgehead atoms. The normalized spacial score (nSPS) is 18.2. The number of hydrogen-bond donors (Lipinski definition) is 1. The number of carboxylic acids is 1. The Kier molecular flexibility index (Phi) is 19.3. The summed E-state index contributed by atoms with van der Waals surface area (Å²) in [4.78, 5) is 11.1. The summed E-state index contributed by atoms with van der Waals surface area (Å²) < 4.78 is 11.0. The molecule has 1 N–H and O–H groups in total. The minimum atomic E-state index is -0.764. The lowest BCUT2D eigenvalue weighted by Crippen LogP contribution is -2.34. The smallest absolute Gasteiger partial charge is 0.309 e. The van der Waals surface area contributed by atoms with Crippen LogP contribution in [0.1, 0.15) is 73.6 Å². The summed E-state index contributed by atoms with van der Waals surface area (Å²) in [6, 6.07) is 9.37. The second-order valence-electron chi connectivity index (χ2n) is 5.22. The quantitative estimate of drug-likeness (QED) is 0.644. The Balaban J connectivity index is 0. The van der Waals surface area contributed by atoms with Crippen molar-refractivity contribution in [1.82, 2.24) is 0 Å². The Morgan fingerprint density at radius 2 is 1.56 bits per heavy atom. The van der Waals surface area contributed by atoms with Gasteiger partial charge >= 0.3 is 5.97 Å². The summed E-state index contributed by atoms with van der Waals surface area (Å²) in [5.74, 6) is -0.419. The van der Waals surface area contributed by atoms with E-state index in [0.717, 1.165) is 25.0 Å². The third-order valence-corrected chi connectivity index (χ3v) is 3.27. The van der Waals surface area contributed by atoms with Crippen LogP contribution in [0.2, 0.25) is 0 Å². The van der Waals surface area contributed by atoms with Gasteiger partial charge in [0.15, 0.2) is 6.79 Å². The third-order valence-electron chi connectivity index (χ3n) is 3.27. The van der Waals surface area contributed by atoms with Crippen LogP contribution in [-0.2, 0) is 9.53 Å². The van der Waals surface area contributed by atoms with Gasteiger partial charge in [0, 0.05) is 0 Å². The van der Waals surface area contributed by atoms with Gasteiger partial charge in [-0.25, -0.2) is 0 Å². The van der Waals surface area contributed by atoms with Gasteiger partial charge in [0.2, 0.25) is 0 Å². The van der Waals surface area contributed by atoms with Gasteiger partial charge in [0.1, 0.15) is 5.75 Å². The average Bonchev–Trinajstić information content (AvgIpc) is 2.67. The van der Waals surface area contributed by atoms with Crippen molar-refractivity contribution in [2.75, 3.05) is 6.79 Å². The molecule has 0 spiro atoms. The van der Waals surface area contributed by atoms with Crippen molar-refractivity contribution < 1.29 is 19.4 Å². The molecular weight excluding hydrogens is 316 g/mol. The van der Waals surface area contributed by atoms with Crippen LogP contribution in [-0.4, -0.2) is 24.0 Å². The molecule has 146 valence electrons. The molecule has 4 nitrogen and oxygen atoms in total. The molecule has 2 unspecified atom stereocenters. The summed E-state index contributed by atoms with van der Waals surface area (Å²) in [6.07, 6.45) is 4.52. The predicted molar refractivity (Wildman–Crippen MR) is 105 cm³/mol. The van der Waals surface area contributed by atoms with Crippen LogP contribution in [0.3, 0.4) is 0 Å². The Hall–Kier alpha value is -1.55. The lowest BCUT2D eigenvalue weighted by molar-refractivity contribution is -0.153. The van der Waals surface area contributed by atoms with E-state index in [1.807, 2.05) is 58.0 Å². The lowest BCUT2D eigenvalue weighted by Gasteiger charge is -2.28. The largest absolute Gasteiger partial charge is 0.481 e. The van der Waals surface area contributed by atoms with Crippen molar-refractivity contribution in [1.29, 1.82) is 0 Å². The molecule has 2 rings (SSSR count). The van der Waals surface area contributed by atoms with Crippen molar-refractivity contribution in [3.8, 4) is 5.75 Å². The zero-order valence-corrected chi connectivity index (χ0v) is 17.0. The maximum atomic E-state index is 11.1. The number of hydrogen-bond acceptors (Lipinski definition) is 3. The first-order valence-electron chi connectivity index (χ1n) is 9.71. The zero-order chi connectivity index (χ0) is 19.5. The van der Waals surface area contributed by atoms with Gasteiger partial charge in [-0.15, -0.1) is 0 Å². The minimum Gasteiger partial charge on any atom is -0.481 e. The van der Waals surface area contributed by atoms with E-state index in [2.05, 4.69) is 13.8 Å². The molecule has 1 aromatic rings. The monoisotopic (exact) mass is 354 g/mol. The first-order chi connectivity index (χ1) is 12.2. The van der Waals surface area contributed by atoms with E-state index in [9.17, 15) is 4.79 Å². The van der Waals surface area contributed by atoms with Gasteiger partial charge in [-0.05, 0) is 25.0 Å². The molecular formula is C21H38O4. The number of aliphatic carboxylic acids is 1. The molecule has 0 amide bonds. The molecule has 4 heteroatoms. The van der Waals surface area contributed by atoms with Crippen LogP contribution >= 0.6 is 0 Å². The lowest BCUT2D eigenvalue weighted by atomic mass is 9.86. The van der Waals surface area contributed by atoms with Crippen LogP contribution in [0.4, 0.5) is 0 Å². The first-order valence-corrected chi connectivity index (χ1v) is 9.71. The van der Waals surface area contributed by atoms with Gasteiger partial charge < -0.3 is 14.6 Å². The van der Waals surface area contributed by atoms with Gasteiger partial charge in [0.05, 0.1) is 12.0 Å². The summed E-state index contributed by atoms with van der Waals surface area (Å²) >= 11 is 0. The average molecular weight is 355 g/mol. The SMILES string of the molecule is CC.CC.CCC.O=C(O)C1CCCCC1OCOc1ccccc1. The van der Waals surface area contributed by atoms with Gasteiger partial charge in [-0.1, -0.05) is 79.0 Å². The fraction of sp³-hybridized carbons (Fsp3) is 0.667. The zero-order valence-electron chi connectivity index (χ0n) is 17.0. The highest BCUT2D eigenvalue weighted by Crippen LogP contribution is 2.27. The molecule has 2 atom stereocenters. The highest BCUT2D eigenvalue weighted by atomic mass is 16.7. The highest BCUT2D eigenvalue weighted by molar-refractivity contribution is 5.70. The summed E-state index contributed by atoms with van der Waals surface area (Å²) in [6.45, 7) is 12.4. The Labute approximate surface area is 154 Å². The number of carbonyl (C=O) groups is 1. The highest BCUT2D eigenvalue weighted by Gasteiger charge is 2.31. The van der Waals surface area contributed by atoms with Crippen molar-refractivity contribution in [3.05, 3.63) is 30.3 Å². The first kappa shape index (κ1) is 25.7. The molecule has 1 fully saturated rings. The molecule has 0 aliphatic heterocycles. The van der Waals surface area contributed by atoms with Crippen LogP contribution in [0.5, 0.6) is 5.75 Å². The molecule has 1 saturated carbocycles. The van der Waals surface area contributed by atoms with E-state index in [1.165, 1.54) is 6.42 Å². The Morgan fingerprint density at radius 1 is 1.04 bits per heavy atom. The van der Waals surface area contributed by atoms with Gasteiger partial charge in [0.25, 0.3) is 0 Å². The molecule has 1 aromatic carbocycles. The van der Waals surface area contributed by atoms with Crippen molar-refractivity contribution in [2.45, 2.75) is 79.8 Å². The van der Waals surface area contributed by atoms with Gasteiger partial charge in [-0.2, -0.15) is 0 Å². The fourth-order valence-corrected chi connectivity index (χ4v) is 2.29. The second-order valence-corrected chi connectivity index (χ2v) is 5.22. The predicted octanol–water partition coefficient (Wildman–Crippen LogP) is 6.15. The molecule has 1 aliphatic rings. The maximum absolute atomic E-state index is 11.1. The number of carboxylic acid groups (broad SMARTS) is 1. The van der Waals surface area contributed by atoms with E-state index in [-0.39, 0.29) is 12.9 Å². The fourth-order valence-electron chi connectivity index (χ4n) is 2.29. The number of para-hydroxylation sites is 1. The summed E-state index contributed by atoms with van der Waals surface area (Å²) in [5.41, 5.74) is 0. The van der Waals surface area contributed by atoms with Crippen LogP contribution in [0.15, 0.2) is 30.3 Å². The minimum absolute atomic E-state index is 0.110. The van der Waals surface area contributed by atoms with E-state index in [4.69, 9.17) is 14.6 Å². The van der Waals surface area contributed by atoms with Crippen LogP contribution in [0, 0.1) is 5.92 Å². The molecule has 0 saturated heterocycles. The number of benzene rings is 1. The van der Waals surface area contributed by atoms with E-state index in [0.29, 0.717) is 6.42 Å². The number of ether oxygens (including phenoxy) is 2. The van der Waals surface area contributed by atoms with E-state index < -0.39 is 11.9 Å². The van der Waals surface area contributed by atoms with Crippen LogP contribution in [0.25, 0.3) is 0 Å². The van der Waals surface area contributed by atoms with Crippen molar-refractivity contribution >= 4 is 5.97 Å². The molecule has 25 heavy (non-hydrogen) atoms.